The summed E-state index contributed by atoms with van der Waals surface area (Å²) in [7, 11) is 0. The Balaban J connectivity index is 1.87. The number of ether oxygens (including phenoxy) is 1. The van der Waals surface area contributed by atoms with Crippen LogP contribution in [-0.2, 0) is 4.74 Å². The number of carbonyl (C=O) groups is 1. The van der Waals surface area contributed by atoms with Crippen LogP contribution < -0.4 is 5.32 Å². The zero-order valence-electron chi connectivity index (χ0n) is 14.9. The van der Waals surface area contributed by atoms with E-state index in [9.17, 15) is 15.0 Å². The summed E-state index contributed by atoms with van der Waals surface area (Å²) in [5.41, 5.74) is 0.214. The fourth-order valence-electron chi connectivity index (χ4n) is 2.54. The SMILES string of the molecule is CC(NCCN(C(=O)OC(C)(C)C)C1CC1)c1ccc(O)cc1O. The number of rotatable bonds is 6. The predicted octanol–water partition coefficient (Wildman–Crippen LogP) is 3.15. The first-order valence-electron chi connectivity index (χ1n) is 8.42. The summed E-state index contributed by atoms with van der Waals surface area (Å²) < 4.78 is 5.47. The number of aromatic hydroxyl groups is 2. The molecule has 0 saturated heterocycles. The van der Waals surface area contributed by atoms with Crippen LogP contribution in [0.15, 0.2) is 18.2 Å². The van der Waals surface area contributed by atoms with Gasteiger partial charge in [-0.25, -0.2) is 4.79 Å². The molecule has 1 unspecified atom stereocenters. The van der Waals surface area contributed by atoms with Gasteiger partial charge in [0.2, 0.25) is 0 Å². The molecule has 1 fully saturated rings. The molecule has 0 bridgehead atoms. The van der Waals surface area contributed by atoms with E-state index >= 15 is 0 Å². The van der Waals surface area contributed by atoms with Gasteiger partial charge in [-0.3, -0.25) is 0 Å². The van der Waals surface area contributed by atoms with Crippen LogP contribution in [-0.4, -0.2) is 45.9 Å². The maximum absolute atomic E-state index is 12.3. The van der Waals surface area contributed by atoms with Crippen LogP contribution in [0.2, 0.25) is 0 Å². The molecule has 1 atom stereocenters. The number of hydrogen-bond donors (Lipinski definition) is 3. The zero-order valence-corrected chi connectivity index (χ0v) is 14.9. The van der Waals surface area contributed by atoms with Crippen molar-refractivity contribution >= 4 is 6.09 Å². The van der Waals surface area contributed by atoms with Crippen LogP contribution in [0.1, 0.15) is 52.1 Å². The third-order valence-electron chi connectivity index (χ3n) is 3.90. The molecular formula is C18H28N2O4. The summed E-state index contributed by atoms with van der Waals surface area (Å²) in [5, 5.41) is 22.6. The topological polar surface area (TPSA) is 82.0 Å². The largest absolute Gasteiger partial charge is 0.508 e. The molecule has 0 aliphatic heterocycles. The molecule has 1 amide bonds. The minimum atomic E-state index is -0.497. The van der Waals surface area contributed by atoms with Crippen molar-refractivity contribution in [2.45, 2.75) is 58.2 Å². The smallest absolute Gasteiger partial charge is 0.410 e. The molecule has 1 saturated carbocycles. The van der Waals surface area contributed by atoms with Crippen LogP contribution >= 0.6 is 0 Å². The highest BCUT2D eigenvalue weighted by atomic mass is 16.6. The second-order valence-electron chi connectivity index (χ2n) is 7.32. The van der Waals surface area contributed by atoms with Gasteiger partial charge in [0.15, 0.2) is 0 Å². The Morgan fingerprint density at radius 2 is 2.04 bits per heavy atom. The molecule has 1 aromatic rings. The van der Waals surface area contributed by atoms with Gasteiger partial charge in [-0.1, -0.05) is 6.07 Å². The molecule has 0 spiro atoms. The summed E-state index contributed by atoms with van der Waals surface area (Å²) >= 11 is 0. The van der Waals surface area contributed by atoms with Crippen molar-refractivity contribution < 1.29 is 19.7 Å². The van der Waals surface area contributed by atoms with Gasteiger partial charge in [-0.05, 0) is 46.6 Å². The van der Waals surface area contributed by atoms with Crippen LogP contribution in [0.3, 0.4) is 0 Å². The van der Waals surface area contributed by atoms with Gasteiger partial charge in [0, 0.05) is 36.8 Å². The Bertz CT molecular complexity index is 579. The first-order valence-corrected chi connectivity index (χ1v) is 8.42. The summed E-state index contributed by atoms with van der Waals surface area (Å²) in [6.45, 7) is 8.68. The lowest BCUT2D eigenvalue weighted by atomic mass is 10.1. The van der Waals surface area contributed by atoms with Crippen LogP contribution in [0.25, 0.3) is 0 Å². The molecule has 6 nitrogen and oxygen atoms in total. The molecule has 0 heterocycles. The predicted molar refractivity (Wildman–Crippen MR) is 92.2 cm³/mol. The summed E-state index contributed by atoms with van der Waals surface area (Å²) in [6.07, 6.45) is 1.77. The van der Waals surface area contributed by atoms with E-state index < -0.39 is 5.60 Å². The van der Waals surface area contributed by atoms with Gasteiger partial charge in [0.25, 0.3) is 0 Å². The van der Waals surface area contributed by atoms with E-state index in [1.165, 1.54) is 6.07 Å². The molecular weight excluding hydrogens is 308 g/mol. The van der Waals surface area contributed by atoms with Crippen molar-refractivity contribution in [1.82, 2.24) is 10.2 Å². The molecule has 24 heavy (non-hydrogen) atoms. The van der Waals surface area contributed by atoms with Crippen molar-refractivity contribution in [3.8, 4) is 11.5 Å². The molecule has 2 rings (SSSR count). The number of phenols is 2. The third kappa shape index (κ3) is 5.30. The Morgan fingerprint density at radius 1 is 1.38 bits per heavy atom. The summed E-state index contributed by atoms with van der Waals surface area (Å²) in [6, 6.07) is 4.74. The van der Waals surface area contributed by atoms with E-state index in [2.05, 4.69) is 5.32 Å². The number of benzene rings is 1. The Hall–Kier alpha value is -1.95. The highest BCUT2D eigenvalue weighted by Crippen LogP contribution is 2.29. The highest BCUT2D eigenvalue weighted by Gasteiger charge is 2.34. The number of carbonyl (C=O) groups excluding carboxylic acids is 1. The molecule has 3 N–H and O–H groups in total. The van der Waals surface area contributed by atoms with Gasteiger partial charge in [0.1, 0.15) is 17.1 Å². The lowest BCUT2D eigenvalue weighted by Crippen LogP contribution is -2.42. The first-order chi connectivity index (χ1) is 11.2. The van der Waals surface area contributed by atoms with Crippen molar-refractivity contribution in [2.24, 2.45) is 0 Å². The monoisotopic (exact) mass is 336 g/mol. The normalized spacial score (nSPS) is 15.8. The number of phenolic OH excluding ortho intramolecular Hbond substituents is 2. The summed E-state index contributed by atoms with van der Waals surface area (Å²) in [5.74, 6) is 0.0921. The van der Waals surface area contributed by atoms with Gasteiger partial charge in [-0.2, -0.15) is 0 Å². The lowest BCUT2D eigenvalue weighted by Gasteiger charge is -2.28. The maximum Gasteiger partial charge on any atom is 0.410 e. The molecule has 0 aromatic heterocycles. The fraction of sp³-hybridized carbons (Fsp3) is 0.611. The standard InChI is InChI=1S/C18H28N2O4/c1-12(15-8-7-14(21)11-16(15)22)19-9-10-20(13-5-6-13)17(23)24-18(2,3)4/h7-8,11-13,19,21-22H,5-6,9-10H2,1-4H3. The van der Waals surface area contributed by atoms with Gasteiger partial charge >= 0.3 is 6.09 Å². The van der Waals surface area contributed by atoms with Crippen LogP contribution in [0, 0.1) is 0 Å². The van der Waals surface area contributed by atoms with Gasteiger partial charge in [0.05, 0.1) is 0 Å². The van der Waals surface area contributed by atoms with E-state index in [1.54, 1.807) is 17.0 Å². The molecule has 134 valence electrons. The van der Waals surface area contributed by atoms with Crippen molar-refractivity contribution in [3.05, 3.63) is 23.8 Å². The molecule has 1 aliphatic rings. The van der Waals surface area contributed by atoms with Crippen LogP contribution in [0.5, 0.6) is 11.5 Å². The molecule has 6 heteroatoms. The molecule has 1 aliphatic carbocycles. The Kier molecular flexibility index (Phi) is 5.59. The third-order valence-corrected chi connectivity index (χ3v) is 3.90. The van der Waals surface area contributed by atoms with E-state index in [-0.39, 0.29) is 29.7 Å². The molecule has 1 aromatic carbocycles. The Morgan fingerprint density at radius 3 is 2.58 bits per heavy atom. The van der Waals surface area contributed by atoms with Gasteiger partial charge < -0.3 is 25.2 Å². The number of hydrogen-bond acceptors (Lipinski definition) is 5. The number of nitrogens with zero attached hydrogens (tertiary/aromatic N) is 1. The number of nitrogens with one attached hydrogen (secondary N) is 1. The van der Waals surface area contributed by atoms with E-state index in [4.69, 9.17) is 4.74 Å². The van der Waals surface area contributed by atoms with Crippen molar-refractivity contribution in [2.75, 3.05) is 13.1 Å². The minimum Gasteiger partial charge on any atom is -0.508 e. The van der Waals surface area contributed by atoms with E-state index in [1.807, 2.05) is 27.7 Å². The Labute approximate surface area is 143 Å². The van der Waals surface area contributed by atoms with Crippen molar-refractivity contribution in [1.29, 1.82) is 0 Å². The quantitative estimate of drug-likeness (QED) is 0.743. The minimum absolute atomic E-state index is 0.0354. The zero-order chi connectivity index (χ0) is 17.9. The summed E-state index contributed by atoms with van der Waals surface area (Å²) in [4.78, 5) is 14.1. The van der Waals surface area contributed by atoms with Crippen molar-refractivity contribution in [3.63, 3.8) is 0 Å². The van der Waals surface area contributed by atoms with Crippen LogP contribution in [0.4, 0.5) is 4.79 Å². The average Bonchev–Trinajstić information content (AvgIpc) is 3.25. The average molecular weight is 336 g/mol. The second-order valence-corrected chi connectivity index (χ2v) is 7.32. The van der Waals surface area contributed by atoms with E-state index in [0.717, 1.165) is 12.8 Å². The highest BCUT2D eigenvalue weighted by molar-refractivity contribution is 5.69. The fourth-order valence-corrected chi connectivity index (χ4v) is 2.54. The van der Waals surface area contributed by atoms with E-state index in [0.29, 0.717) is 18.7 Å². The van der Waals surface area contributed by atoms with Gasteiger partial charge in [-0.15, -0.1) is 0 Å². The maximum atomic E-state index is 12.3. The number of amides is 1. The lowest BCUT2D eigenvalue weighted by molar-refractivity contribution is 0.0234. The molecule has 0 radical (unpaired) electrons. The first kappa shape index (κ1) is 18.4. The second kappa shape index (κ2) is 7.30.